The molecule has 1 aromatic carbocycles. The highest BCUT2D eigenvalue weighted by Crippen LogP contribution is 2.64. The number of rotatable bonds is 1. The zero-order valence-electron chi connectivity index (χ0n) is 14.2. The Morgan fingerprint density at radius 2 is 2.04 bits per heavy atom. The largest absolute Gasteiger partial charge is 0.363 e. The lowest BCUT2D eigenvalue weighted by Crippen LogP contribution is -2.67. The number of para-hydroxylation sites is 1. The van der Waals surface area contributed by atoms with Gasteiger partial charge in [0.2, 0.25) is 0 Å². The molecule has 122 valence electrons. The molecule has 3 fully saturated rings. The average molecular weight is 310 g/mol. The Bertz CT molecular complexity index is 686. The van der Waals surface area contributed by atoms with Gasteiger partial charge < -0.3 is 4.90 Å². The molecule has 1 aliphatic carbocycles. The smallest absolute Gasteiger partial charge is 0.156 e. The quantitative estimate of drug-likeness (QED) is 0.797. The van der Waals surface area contributed by atoms with E-state index in [9.17, 15) is 4.79 Å². The molecule has 3 heteroatoms. The zero-order chi connectivity index (χ0) is 15.8. The maximum Gasteiger partial charge on any atom is 0.156 e. The highest BCUT2D eigenvalue weighted by Gasteiger charge is 2.69. The third-order valence-electron chi connectivity index (χ3n) is 7.56. The van der Waals surface area contributed by atoms with Crippen LogP contribution in [0.5, 0.6) is 0 Å². The van der Waals surface area contributed by atoms with Gasteiger partial charge in [0.05, 0.1) is 6.04 Å². The summed E-state index contributed by atoms with van der Waals surface area (Å²) in [6, 6.07) is 9.43. The molecular formula is C20H26N2O. The number of piperidine rings is 1. The van der Waals surface area contributed by atoms with Crippen LogP contribution in [0.1, 0.15) is 44.6 Å². The van der Waals surface area contributed by atoms with Crippen molar-refractivity contribution in [1.29, 1.82) is 0 Å². The Morgan fingerprint density at radius 1 is 1.22 bits per heavy atom. The molecule has 23 heavy (non-hydrogen) atoms. The summed E-state index contributed by atoms with van der Waals surface area (Å²) < 4.78 is 0. The van der Waals surface area contributed by atoms with Crippen molar-refractivity contribution in [2.24, 2.45) is 5.41 Å². The maximum atomic E-state index is 13.3. The number of Topliss-reactive ketones (excluding diaryl/α,β-unsaturated/α-hetero) is 1. The summed E-state index contributed by atoms with van der Waals surface area (Å²) in [5, 5.41) is 0. The summed E-state index contributed by atoms with van der Waals surface area (Å²) in [6.45, 7) is 4.70. The summed E-state index contributed by atoms with van der Waals surface area (Å²) >= 11 is 0. The molecule has 0 bridgehead atoms. The van der Waals surface area contributed by atoms with Gasteiger partial charge >= 0.3 is 0 Å². The van der Waals surface area contributed by atoms with Gasteiger partial charge in [-0.15, -0.1) is 0 Å². The number of likely N-dealkylation sites (N-methyl/N-ethyl adjacent to an activating group) is 1. The second-order valence-electron chi connectivity index (χ2n) is 8.22. The second-order valence-corrected chi connectivity index (χ2v) is 8.22. The molecule has 4 atom stereocenters. The number of carbonyl (C=O) groups is 1. The Labute approximate surface area is 138 Å². The van der Waals surface area contributed by atoms with Crippen LogP contribution in [0.3, 0.4) is 0 Å². The third kappa shape index (κ3) is 1.44. The van der Waals surface area contributed by atoms with Crippen molar-refractivity contribution in [2.75, 3.05) is 25.0 Å². The second kappa shape index (κ2) is 4.38. The molecule has 4 aliphatic rings. The Kier molecular flexibility index (Phi) is 2.67. The number of hydrogen-bond donors (Lipinski definition) is 0. The minimum Gasteiger partial charge on any atom is -0.363 e. The van der Waals surface area contributed by atoms with E-state index in [1.807, 2.05) is 0 Å². The van der Waals surface area contributed by atoms with Crippen LogP contribution in [-0.4, -0.2) is 42.9 Å². The number of nitrogens with zero attached hydrogens (tertiary/aromatic N) is 2. The molecule has 0 aromatic heterocycles. The van der Waals surface area contributed by atoms with Crippen LogP contribution in [0.2, 0.25) is 0 Å². The molecule has 2 saturated heterocycles. The predicted molar refractivity (Wildman–Crippen MR) is 91.9 cm³/mol. The summed E-state index contributed by atoms with van der Waals surface area (Å²) in [5.41, 5.74) is 3.00. The van der Waals surface area contributed by atoms with Crippen LogP contribution < -0.4 is 4.90 Å². The van der Waals surface area contributed by atoms with E-state index in [4.69, 9.17) is 0 Å². The van der Waals surface area contributed by atoms with Crippen LogP contribution in [0.25, 0.3) is 0 Å². The highest BCUT2D eigenvalue weighted by atomic mass is 16.1. The predicted octanol–water partition coefficient (Wildman–Crippen LogP) is 2.98. The van der Waals surface area contributed by atoms with Gasteiger partial charge in [-0.2, -0.15) is 0 Å². The van der Waals surface area contributed by atoms with E-state index in [1.54, 1.807) is 0 Å². The summed E-state index contributed by atoms with van der Waals surface area (Å²) in [6.07, 6.45) is 5.57. The lowest BCUT2D eigenvalue weighted by Gasteiger charge is -2.57. The van der Waals surface area contributed by atoms with Crippen LogP contribution in [0, 0.1) is 5.41 Å². The monoisotopic (exact) mass is 310 g/mol. The molecule has 1 saturated carbocycles. The van der Waals surface area contributed by atoms with Gasteiger partial charge in [0, 0.05) is 30.6 Å². The first-order valence-electron chi connectivity index (χ1n) is 9.23. The summed E-state index contributed by atoms with van der Waals surface area (Å²) in [5.74, 6) is 0.491. The van der Waals surface area contributed by atoms with Gasteiger partial charge in [-0.3, -0.25) is 9.69 Å². The first kappa shape index (κ1) is 14.0. The number of carbonyl (C=O) groups excluding carboxylic acids is 1. The van der Waals surface area contributed by atoms with Crippen molar-refractivity contribution >= 4 is 11.5 Å². The number of ketones is 1. The maximum absolute atomic E-state index is 13.3. The van der Waals surface area contributed by atoms with E-state index in [1.165, 1.54) is 37.2 Å². The summed E-state index contributed by atoms with van der Waals surface area (Å²) in [7, 11) is 2.14. The molecule has 1 aromatic rings. The highest BCUT2D eigenvalue weighted by molar-refractivity contribution is 5.95. The van der Waals surface area contributed by atoms with Gasteiger partial charge in [0.25, 0.3) is 0 Å². The molecule has 0 amide bonds. The molecule has 3 nitrogen and oxygen atoms in total. The van der Waals surface area contributed by atoms with Crippen molar-refractivity contribution in [1.82, 2.24) is 4.90 Å². The minimum absolute atomic E-state index is 0.0388. The molecule has 5 rings (SSSR count). The van der Waals surface area contributed by atoms with E-state index >= 15 is 0 Å². The van der Waals surface area contributed by atoms with Crippen molar-refractivity contribution in [3.05, 3.63) is 29.8 Å². The topological polar surface area (TPSA) is 23.6 Å². The van der Waals surface area contributed by atoms with Crippen molar-refractivity contribution < 1.29 is 4.79 Å². The van der Waals surface area contributed by atoms with Crippen LogP contribution in [-0.2, 0) is 10.2 Å². The van der Waals surface area contributed by atoms with E-state index in [2.05, 4.69) is 48.0 Å². The Balaban J connectivity index is 1.79. The van der Waals surface area contributed by atoms with Crippen molar-refractivity contribution in [2.45, 2.75) is 56.5 Å². The van der Waals surface area contributed by atoms with Gasteiger partial charge in [0.15, 0.2) is 5.78 Å². The molecule has 0 N–H and O–H groups in total. The standard InChI is InChI=1S/C20H26N2O/c1-3-19-9-6-11-22-12-10-20(18(19)22)14-7-4-5-8-15(14)21(2)17(20)16(23)13-19/h4-5,7-8,17-18H,3,6,9-13H2,1-2H3/t17-,18-,19-,20-/m0/s1. The van der Waals surface area contributed by atoms with Gasteiger partial charge in [0.1, 0.15) is 0 Å². The minimum atomic E-state index is 0.0388. The molecule has 0 radical (unpaired) electrons. The Hall–Kier alpha value is -1.35. The van der Waals surface area contributed by atoms with Gasteiger partial charge in [-0.25, -0.2) is 0 Å². The number of anilines is 1. The lowest BCUT2D eigenvalue weighted by molar-refractivity contribution is -0.134. The molecule has 3 aliphatic heterocycles. The number of hydrogen-bond acceptors (Lipinski definition) is 3. The normalized spacial score (nSPS) is 41.7. The SMILES string of the molecule is CC[C@]12CCCN3CC[C@@]4(c5ccccc5N(C)[C@H]4C(=O)C1)[C@@H]32. The molecule has 3 heterocycles. The molecule has 1 spiro atoms. The van der Waals surface area contributed by atoms with Gasteiger partial charge in [-0.1, -0.05) is 25.1 Å². The van der Waals surface area contributed by atoms with E-state index in [0.29, 0.717) is 11.8 Å². The third-order valence-corrected chi connectivity index (χ3v) is 7.56. The summed E-state index contributed by atoms with van der Waals surface area (Å²) in [4.78, 5) is 18.3. The number of fused-ring (bicyclic) bond motifs is 1. The Morgan fingerprint density at radius 3 is 2.87 bits per heavy atom. The fourth-order valence-electron chi connectivity index (χ4n) is 6.87. The average Bonchev–Trinajstić information content (AvgIpc) is 3.08. The molecule has 0 unspecified atom stereocenters. The fraction of sp³-hybridized carbons (Fsp3) is 0.650. The zero-order valence-corrected chi connectivity index (χ0v) is 14.2. The van der Waals surface area contributed by atoms with Gasteiger partial charge in [-0.05, 0) is 55.8 Å². The van der Waals surface area contributed by atoms with E-state index in [-0.39, 0.29) is 16.9 Å². The number of benzene rings is 1. The van der Waals surface area contributed by atoms with E-state index in [0.717, 1.165) is 19.3 Å². The fourth-order valence-corrected chi connectivity index (χ4v) is 6.87. The first-order chi connectivity index (χ1) is 11.1. The van der Waals surface area contributed by atoms with Crippen LogP contribution >= 0.6 is 0 Å². The lowest BCUT2D eigenvalue weighted by atomic mass is 9.52. The molecular weight excluding hydrogens is 284 g/mol. The first-order valence-corrected chi connectivity index (χ1v) is 9.23. The van der Waals surface area contributed by atoms with Crippen molar-refractivity contribution in [3.63, 3.8) is 0 Å². The van der Waals surface area contributed by atoms with Crippen LogP contribution in [0.4, 0.5) is 5.69 Å². The van der Waals surface area contributed by atoms with Crippen LogP contribution in [0.15, 0.2) is 24.3 Å². The van der Waals surface area contributed by atoms with Crippen molar-refractivity contribution in [3.8, 4) is 0 Å². The van der Waals surface area contributed by atoms with E-state index < -0.39 is 0 Å².